The maximum Gasteiger partial charge on any atom is 0.281 e. The summed E-state index contributed by atoms with van der Waals surface area (Å²) in [4.78, 5) is 18.2. The van der Waals surface area contributed by atoms with Gasteiger partial charge in [0.1, 0.15) is 0 Å². The molecule has 0 unspecified atom stereocenters. The molecule has 3 aromatic carbocycles. The van der Waals surface area contributed by atoms with Crippen molar-refractivity contribution in [1.29, 1.82) is 0 Å². The van der Waals surface area contributed by atoms with Crippen LogP contribution >= 0.6 is 23.5 Å². The number of rotatable bonds is 3. The number of thioether (sulfide) groups is 2. The van der Waals surface area contributed by atoms with Crippen molar-refractivity contribution in [3.05, 3.63) is 101 Å². The molecule has 0 amide bonds. The molecule has 0 bridgehead atoms. The highest BCUT2D eigenvalue weighted by Gasteiger charge is 2.33. The number of aromatic nitrogens is 2. The molecule has 5 heteroatoms. The fourth-order valence-corrected chi connectivity index (χ4v) is 6.28. The maximum atomic E-state index is 12.5. The van der Waals surface area contributed by atoms with Crippen LogP contribution in [0.15, 0.2) is 99.8 Å². The Morgan fingerprint density at radius 2 is 1.57 bits per heavy atom. The van der Waals surface area contributed by atoms with Crippen molar-refractivity contribution in [2.75, 3.05) is 5.75 Å². The van der Waals surface area contributed by atoms with Gasteiger partial charge in [0.05, 0.1) is 16.9 Å². The minimum absolute atomic E-state index is 0.112. The third-order valence-corrected chi connectivity index (χ3v) is 7.53. The Kier molecular flexibility index (Phi) is 4.71. The van der Waals surface area contributed by atoms with Crippen LogP contribution in [0.4, 0.5) is 0 Å². The summed E-state index contributed by atoms with van der Waals surface area (Å²) in [5, 5.41) is 1.82. The zero-order chi connectivity index (χ0) is 18.9. The first-order chi connectivity index (χ1) is 13.8. The van der Waals surface area contributed by atoms with E-state index in [-0.39, 0.29) is 11.6 Å². The monoisotopic (exact) mass is 402 g/mol. The molecular formula is C23H18N2OS2. The summed E-state index contributed by atoms with van der Waals surface area (Å²) < 4.78 is 2.26. The molecule has 1 aromatic heterocycles. The number of hydrogen-bond donors (Lipinski definition) is 0. The largest absolute Gasteiger partial charge is 0.311 e. The number of nitrogens with zero attached hydrogens (tertiary/aromatic N) is 2. The van der Waals surface area contributed by atoms with Crippen LogP contribution < -0.4 is 5.56 Å². The Hall–Kier alpha value is -2.50. The average molecular weight is 403 g/mol. The van der Waals surface area contributed by atoms with Gasteiger partial charge in [-0.25, -0.2) is 0 Å². The summed E-state index contributed by atoms with van der Waals surface area (Å²) in [6, 6.07) is 29.0. The molecule has 138 valence electrons. The number of para-hydroxylation sites is 1. The van der Waals surface area contributed by atoms with E-state index < -0.39 is 0 Å². The molecule has 0 N–H and O–H groups in total. The topological polar surface area (TPSA) is 34.9 Å². The second-order valence-corrected chi connectivity index (χ2v) is 9.02. The van der Waals surface area contributed by atoms with Crippen molar-refractivity contribution in [3.8, 4) is 0 Å². The van der Waals surface area contributed by atoms with E-state index in [1.807, 2.05) is 48.2 Å². The molecule has 3 nitrogen and oxygen atoms in total. The molecule has 0 radical (unpaired) electrons. The zero-order valence-electron chi connectivity index (χ0n) is 15.1. The summed E-state index contributed by atoms with van der Waals surface area (Å²) in [6.07, 6.45) is 0. The summed E-state index contributed by atoms with van der Waals surface area (Å²) in [5.41, 5.74) is 2.06. The van der Waals surface area contributed by atoms with E-state index in [0.29, 0.717) is 10.6 Å². The first-order valence-corrected chi connectivity index (χ1v) is 11.1. The van der Waals surface area contributed by atoms with Crippen LogP contribution in [-0.4, -0.2) is 20.6 Å². The van der Waals surface area contributed by atoms with Gasteiger partial charge in [-0.05, 0) is 29.8 Å². The molecule has 1 aliphatic heterocycles. The Labute approximate surface area is 171 Å². The minimum atomic E-state index is -0.143. The van der Waals surface area contributed by atoms with Gasteiger partial charge < -0.3 is 4.57 Å². The van der Waals surface area contributed by atoms with Crippen molar-refractivity contribution in [2.45, 2.75) is 21.3 Å². The molecule has 1 aliphatic rings. The lowest BCUT2D eigenvalue weighted by Crippen LogP contribution is -2.33. The standard InChI is InChI=1S/C23H18N2OS2/c26-22-18-13-7-8-14-19(18)25-21(16-9-3-1-4-10-16)20(15-27-23(25)24-22)28-17-11-5-2-6-12-17/h1-14,20-21H,15H2/t20-,21-/m0/s1. The molecule has 0 aliphatic carbocycles. The lowest BCUT2D eigenvalue weighted by molar-refractivity contribution is 0.524. The quantitative estimate of drug-likeness (QED) is 0.438. The van der Waals surface area contributed by atoms with Crippen LogP contribution in [0.3, 0.4) is 0 Å². The van der Waals surface area contributed by atoms with Crippen molar-refractivity contribution in [2.24, 2.45) is 0 Å². The third-order valence-electron chi connectivity index (χ3n) is 4.98. The molecular weight excluding hydrogens is 384 g/mol. The van der Waals surface area contributed by atoms with Crippen LogP contribution in [0.1, 0.15) is 11.6 Å². The Balaban J connectivity index is 1.71. The van der Waals surface area contributed by atoms with Gasteiger partial charge in [0, 0.05) is 15.9 Å². The Morgan fingerprint density at radius 1 is 0.893 bits per heavy atom. The van der Waals surface area contributed by atoms with Crippen molar-refractivity contribution in [3.63, 3.8) is 0 Å². The lowest BCUT2D eigenvalue weighted by atomic mass is 10.0. The normalized spacial score (nSPS) is 18.7. The second-order valence-electron chi connectivity index (χ2n) is 6.72. The van der Waals surface area contributed by atoms with Crippen molar-refractivity contribution >= 4 is 34.4 Å². The highest BCUT2D eigenvalue weighted by molar-refractivity contribution is 8.03. The molecule has 2 atom stereocenters. The Bertz CT molecular complexity index is 1180. The van der Waals surface area contributed by atoms with Crippen LogP contribution in [-0.2, 0) is 0 Å². The predicted molar refractivity (Wildman–Crippen MR) is 117 cm³/mol. The minimum Gasteiger partial charge on any atom is -0.311 e. The van der Waals surface area contributed by atoms with Gasteiger partial charge in [-0.1, -0.05) is 72.4 Å². The van der Waals surface area contributed by atoms with Gasteiger partial charge in [0.2, 0.25) is 0 Å². The molecule has 28 heavy (non-hydrogen) atoms. The van der Waals surface area contributed by atoms with Gasteiger partial charge in [0.25, 0.3) is 5.56 Å². The van der Waals surface area contributed by atoms with Crippen LogP contribution in [0.2, 0.25) is 0 Å². The van der Waals surface area contributed by atoms with Crippen LogP contribution in [0.5, 0.6) is 0 Å². The lowest BCUT2D eigenvalue weighted by Gasteiger charge is -2.35. The SMILES string of the molecule is O=c1nc2n(c3ccccc13)[C@@H](c1ccccc1)[C@@H](Sc1ccccc1)CS2. The molecule has 0 saturated carbocycles. The first-order valence-electron chi connectivity index (χ1n) is 9.22. The summed E-state index contributed by atoms with van der Waals surface area (Å²) in [5.74, 6) is 0.907. The number of fused-ring (bicyclic) bond motifs is 3. The van der Waals surface area contributed by atoms with E-state index in [9.17, 15) is 4.79 Å². The molecule has 2 heterocycles. The van der Waals surface area contributed by atoms with Gasteiger partial charge in [-0.15, -0.1) is 11.8 Å². The average Bonchev–Trinajstić information content (AvgIpc) is 2.75. The van der Waals surface area contributed by atoms with Crippen molar-refractivity contribution < 1.29 is 0 Å². The van der Waals surface area contributed by atoms with Gasteiger partial charge in [-0.2, -0.15) is 4.98 Å². The highest BCUT2D eigenvalue weighted by Crippen LogP contribution is 2.43. The van der Waals surface area contributed by atoms with Crippen molar-refractivity contribution in [1.82, 2.24) is 9.55 Å². The third kappa shape index (κ3) is 3.15. The van der Waals surface area contributed by atoms with Gasteiger partial charge in [0.15, 0.2) is 5.16 Å². The second kappa shape index (κ2) is 7.49. The van der Waals surface area contributed by atoms with E-state index >= 15 is 0 Å². The molecule has 0 spiro atoms. The summed E-state index contributed by atoms with van der Waals surface area (Å²) >= 11 is 3.57. The van der Waals surface area contributed by atoms with E-state index in [2.05, 4.69) is 58.1 Å². The predicted octanol–water partition coefficient (Wildman–Crippen LogP) is 5.25. The smallest absolute Gasteiger partial charge is 0.281 e. The molecule has 4 aromatic rings. The Morgan fingerprint density at radius 3 is 2.36 bits per heavy atom. The van der Waals surface area contributed by atoms with Gasteiger partial charge in [-0.3, -0.25) is 4.79 Å². The number of hydrogen-bond acceptors (Lipinski definition) is 4. The van der Waals surface area contributed by atoms with E-state index in [0.717, 1.165) is 16.4 Å². The summed E-state index contributed by atoms with van der Waals surface area (Å²) in [7, 11) is 0. The molecule has 0 fully saturated rings. The fraction of sp³-hybridized carbons (Fsp3) is 0.130. The van der Waals surface area contributed by atoms with E-state index in [1.54, 1.807) is 11.8 Å². The van der Waals surface area contributed by atoms with E-state index in [1.165, 1.54) is 10.5 Å². The summed E-state index contributed by atoms with van der Waals surface area (Å²) in [6.45, 7) is 0. The zero-order valence-corrected chi connectivity index (χ0v) is 16.7. The van der Waals surface area contributed by atoms with Crippen LogP contribution in [0, 0.1) is 0 Å². The molecule has 5 rings (SSSR count). The molecule has 0 saturated heterocycles. The highest BCUT2D eigenvalue weighted by atomic mass is 32.2. The van der Waals surface area contributed by atoms with E-state index in [4.69, 9.17) is 0 Å². The fourth-order valence-electron chi connectivity index (χ4n) is 3.74. The van der Waals surface area contributed by atoms with Gasteiger partial charge >= 0.3 is 0 Å². The number of benzene rings is 3. The maximum absolute atomic E-state index is 12.5. The van der Waals surface area contributed by atoms with Crippen LogP contribution in [0.25, 0.3) is 10.9 Å². The first kappa shape index (κ1) is 17.6.